The van der Waals surface area contributed by atoms with E-state index in [1.165, 1.54) is 0 Å². The van der Waals surface area contributed by atoms with Crippen molar-refractivity contribution in [2.24, 2.45) is 0 Å². The van der Waals surface area contributed by atoms with Gasteiger partial charge >= 0.3 is 12.1 Å². The van der Waals surface area contributed by atoms with E-state index in [2.05, 4.69) is 11.2 Å². The van der Waals surface area contributed by atoms with Gasteiger partial charge in [0.05, 0.1) is 13.2 Å². The van der Waals surface area contributed by atoms with E-state index in [4.69, 9.17) is 21.0 Å². The first kappa shape index (κ1) is 22.4. The van der Waals surface area contributed by atoms with Crippen LogP contribution >= 0.6 is 0 Å². The number of benzene rings is 2. The van der Waals surface area contributed by atoms with Crippen molar-refractivity contribution in [2.45, 2.75) is 17.9 Å². The fourth-order valence-corrected chi connectivity index (χ4v) is 4.49. The van der Waals surface area contributed by atoms with Crippen LogP contribution in [-0.4, -0.2) is 66.4 Å². The Balaban J connectivity index is 1.48. The molecule has 2 amide bonds. The zero-order valence-electron chi connectivity index (χ0n) is 18.0. The second-order valence-electron chi connectivity index (χ2n) is 8.09. The van der Waals surface area contributed by atoms with Crippen molar-refractivity contribution in [1.29, 1.82) is 0 Å². The zero-order valence-corrected chi connectivity index (χ0v) is 18.0. The Morgan fingerprint density at radius 2 is 1.79 bits per heavy atom. The van der Waals surface area contributed by atoms with Gasteiger partial charge in [-0.15, -0.1) is 6.42 Å². The molecular formula is C25H24N2O6. The predicted molar refractivity (Wildman–Crippen MR) is 119 cm³/mol. The van der Waals surface area contributed by atoms with E-state index in [0.717, 1.165) is 27.2 Å². The van der Waals surface area contributed by atoms with Crippen LogP contribution in [0.25, 0.3) is 11.1 Å². The van der Waals surface area contributed by atoms with Gasteiger partial charge in [0, 0.05) is 18.9 Å². The van der Waals surface area contributed by atoms with E-state index in [0.29, 0.717) is 0 Å². The monoisotopic (exact) mass is 448 g/mol. The molecule has 0 spiro atoms. The first-order chi connectivity index (χ1) is 15.9. The van der Waals surface area contributed by atoms with Crippen LogP contribution in [0.2, 0.25) is 0 Å². The molecule has 33 heavy (non-hydrogen) atoms. The fraction of sp³-hybridized carbons (Fsp3) is 0.320. The van der Waals surface area contributed by atoms with Crippen LogP contribution in [-0.2, 0) is 19.1 Å². The van der Waals surface area contributed by atoms with E-state index in [-0.39, 0.29) is 38.7 Å². The topological polar surface area (TPSA) is 105 Å². The Bertz CT molecular complexity index is 1070. The summed E-state index contributed by atoms with van der Waals surface area (Å²) in [6, 6.07) is 16.0. The summed E-state index contributed by atoms with van der Waals surface area (Å²) in [6.07, 6.45) is 4.72. The van der Waals surface area contributed by atoms with Crippen molar-refractivity contribution >= 4 is 18.0 Å². The Morgan fingerprint density at radius 3 is 2.33 bits per heavy atom. The maximum atomic E-state index is 13.1. The summed E-state index contributed by atoms with van der Waals surface area (Å²) in [4.78, 5) is 38.1. The number of carbonyl (C=O) groups is 3. The van der Waals surface area contributed by atoms with Gasteiger partial charge in [-0.05, 0) is 22.3 Å². The molecule has 1 unspecified atom stereocenters. The number of carbonyl (C=O) groups excluding carboxylic acids is 2. The molecule has 0 radical (unpaired) electrons. The number of rotatable bonds is 7. The second-order valence-corrected chi connectivity index (χ2v) is 8.09. The van der Waals surface area contributed by atoms with Gasteiger partial charge in [0.2, 0.25) is 0 Å². The van der Waals surface area contributed by atoms with Crippen molar-refractivity contribution in [3.63, 3.8) is 0 Å². The number of hydrogen-bond acceptors (Lipinski definition) is 5. The zero-order chi connectivity index (χ0) is 23.4. The van der Waals surface area contributed by atoms with Crippen LogP contribution in [0.5, 0.6) is 0 Å². The van der Waals surface area contributed by atoms with E-state index >= 15 is 0 Å². The van der Waals surface area contributed by atoms with Crippen molar-refractivity contribution in [1.82, 2.24) is 10.2 Å². The summed E-state index contributed by atoms with van der Waals surface area (Å²) in [5.74, 6) is 0.358. The first-order valence-electron chi connectivity index (χ1n) is 10.6. The van der Waals surface area contributed by atoms with E-state index in [1.54, 1.807) is 0 Å². The van der Waals surface area contributed by atoms with Gasteiger partial charge in [-0.1, -0.05) is 54.5 Å². The minimum absolute atomic E-state index is 0.0866. The molecule has 1 aliphatic carbocycles. The van der Waals surface area contributed by atoms with E-state index in [9.17, 15) is 14.4 Å². The standard InChI is InChI=1S/C25H24N2O6/c1-2-12-27(14-22(28)29)23(30)25(11-13-32-16-25)26-24(31)33-15-21-19-9-5-3-7-17(19)18-8-4-6-10-20(18)21/h1,3-10,21H,11-16H2,(H,26,31)(H,28,29). The summed E-state index contributed by atoms with van der Waals surface area (Å²) in [7, 11) is 0. The average molecular weight is 448 g/mol. The molecule has 2 aromatic rings. The Morgan fingerprint density at radius 1 is 1.15 bits per heavy atom. The summed E-state index contributed by atoms with van der Waals surface area (Å²) < 4.78 is 10.9. The van der Waals surface area contributed by atoms with Crippen LogP contribution in [0.15, 0.2) is 48.5 Å². The largest absolute Gasteiger partial charge is 0.480 e. The van der Waals surface area contributed by atoms with Gasteiger partial charge in [0.1, 0.15) is 18.7 Å². The number of amides is 2. The van der Waals surface area contributed by atoms with Gasteiger partial charge in [-0.25, -0.2) is 4.79 Å². The number of carboxylic acids is 1. The SMILES string of the molecule is C#CCN(CC(=O)O)C(=O)C1(NC(=O)OCC2c3ccccc3-c3ccccc32)CCOC1. The maximum Gasteiger partial charge on any atom is 0.408 e. The molecule has 2 aromatic carbocycles. The smallest absolute Gasteiger partial charge is 0.408 e. The van der Waals surface area contributed by atoms with Crippen LogP contribution in [0.1, 0.15) is 23.5 Å². The van der Waals surface area contributed by atoms with Crippen LogP contribution in [0.4, 0.5) is 4.79 Å². The molecule has 0 bridgehead atoms. The number of carboxylic acid groups (broad SMARTS) is 1. The molecule has 4 rings (SSSR count). The fourth-order valence-electron chi connectivity index (χ4n) is 4.49. The lowest BCUT2D eigenvalue weighted by atomic mass is 9.96. The molecule has 8 nitrogen and oxygen atoms in total. The van der Waals surface area contributed by atoms with Crippen molar-refractivity contribution in [3.05, 3.63) is 59.7 Å². The molecule has 1 saturated heterocycles. The van der Waals surface area contributed by atoms with Gasteiger partial charge in [0.25, 0.3) is 5.91 Å². The van der Waals surface area contributed by atoms with E-state index in [1.807, 2.05) is 48.5 Å². The number of ether oxygens (including phenoxy) is 2. The van der Waals surface area contributed by atoms with Crippen molar-refractivity contribution in [2.75, 3.05) is 32.9 Å². The number of alkyl carbamates (subject to hydrolysis) is 1. The lowest BCUT2D eigenvalue weighted by Gasteiger charge is -2.32. The molecule has 2 aliphatic rings. The van der Waals surface area contributed by atoms with Gasteiger partial charge < -0.3 is 24.8 Å². The van der Waals surface area contributed by atoms with E-state index < -0.39 is 30.1 Å². The number of aliphatic carboxylic acids is 1. The highest BCUT2D eigenvalue weighted by molar-refractivity contribution is 5.92. The lowest BCUT2D eigenvalue weighted by molar-refractivity contribution is -0.147. The normalized spacial score (nSPS) is 18.6. The first-order valence-corrected chi connectivity index (χ1v) is 10.6. The minimum Gasteiger partial charge on any atom is -0.480 e. The second kappa shape index (κ2) is 9.35. The molecule has 0 aromatic heterocycles. The average Bonchev–Trinajstić information content (AvgIpc) is 3.40. The van der Waals surface area contributed by atoms with Crippen molar-refractivity contribution in [3.8, 4) is 23.5 Å². The number of nitrogens with zero attached hydrogens (tertiary/aromatic N) is 1. The van der Waals surface area contributed by atoms with Crippen LogP contribution in [0.3, 0.4) is 0 Å². The third-order valence-corrected chi connectivity index (χ3v) is 6.01. The highest BCUT2D eigenvalue weighted by atomic mass is 16.6. The van der Waals surface area contributed by atoms with Crippen molar-refractivity contribution < 1.29 is 29.0 Å². The van der Waals surface area contributed by atoms with Gasteiger partial charge in [-0.2, -0.15) is 0 Å². The number of fused-ring (bicyclic) bond motifs is 3. The summed E-state index contributed by atoms with van der Waals surface area (Å²) >= 11 is 0. The van der Waals surface area contributed by atoms with Crippen LogP contribution < -0.4 is 5.32 Å². The third kappa shape index (κ3) is 4.41. The summed E-state index contributed by atoms with van der Waals surface area (Å²) in [6.45, 7) is -0.520. The Labute approximate surface area is 191 Å². The van der Waals surface area contributed by atoms with Crippen LogP contribution in [0, 0.1) is 12.3 Å². The summed E-state index contributed by atoms with van der Waals surface area (Å²) in [5, 5.41) is 11.8. The quantitative estimate of drug-likeness (QED) is 0.630. The molecule has 170 valence electrons. The molecule has 0 saturated carbocycles. The maximum absolute atomic E-state index is 13.1. The molecule has 2 N–H and O–H groups in total. The Kier molecular flexibility index (Phi) is 6.33. The molecule has 1 heterocycles. The van der Waals surface area contributed by atoms with Gasteiger partial charge in [-0.3, -0.25) is 9.59 Å². The highest BCUT2D eigenvalue weighted by Crippen LogP contribution is 2.44. The number of nitrogens with one attached hydrogen (secondary N) is 1. The summed E-state index contributed by atoms with van der Waals surface area (Å²) in [5.41, 5.74) is 2.94. The number of terminal acetylenes is 1. The molecular weight excluding hydrogens is 424 g/mol. The molecule has 1 atom stereocenters. The molecule has 1 fully saturated rings. The molecule has 1 aliphatic heterocycles. The predicted octanol–water partition coefficient (Wildman–Crippen LogP) is 2.23. The molecule has 8 heteroatoms. The lowest BCUT2D eigenvalue weighted by Crippen LogP contribution is -2.61. The Hall–Kier alpha value is -3.83. The third-order valence-electron chi connectivity index (χ3n) is 6.01. The minimum atomic E-state index is -1.42. The highest BCUT2D eigenvalue weighted by Gasteiger charge is 2.47. The number of hydrogen-bond donors (Lipinski definition) is 2. The van der Waals surface area contributed by atoms with Gasteiger partial charge in [0.15, 0.2) is 0 Å².